The summed E-state index contributed by atoms with van der Waals surface area (Å²) >= 11 is 0. The van der Waals surface area contributed by atoms with E-state index >= 15 is 0 Å². The number of ketones is 2. The van der Waals surface area contributed by atoms with Crippen LogP contribution in [0.4, 0.5) is 4.39 Å². The molecule has 312 valence electrons. The van der Waals surface area contributed by atoms with E-state index in [0.717, 1.165) is 6.07 Å². The van der Waals surface area contributed by atoms with Crippen LogP contribution in [-0.2, 0) is 33.4 Å². The van der Waals surface area contributed by atoms with Gasteiger partial charge in [0.2, 0.25) is 17.7 Å². The van der Waals surface area contributed by atoms with E-state index in [1.54, 1.807) is 37.9 Å². The van der Waals surface area contributed by atoms with Gasteiger partial charge >= 0.3 is 0 Å². The van der Waals surface area contributed by atoms with E-state index in [1.165, 1.54) is 33.5 Å². The van der Waals surface area contributed by atoms with Crippen molar-refractivity contribution in [2.75, 3.05) is 55.6 Å². The Hall–Kier alpha value is -3.46. The van der Waals surface area contributed by atoms with Crippen molar-refractivity contribution < 1.29 is 47.3 Å². The molecule has 2 N–H and O–H groups in total. The average molecular weight is 779 g/mol. The third-order valence-electron chi connectivity index (χ3n) is 11.4. The predicted octanol–water partition coefficient (Wildman–Crippen LogP) is 4.15. The second kappa shape index (κ2) is 22.3. The number of nitrogens with zero attached hydrogens (tertiary/aromatic N) is 2. The molecule has 1 aromatic rings. The van der Waals surface area contributed by atoms with Crippen molar-refractivity contribution in [3.8, 4) is 5.75 Å². The van der Waals surface area contributed by atoms with Crippen LogP contribution < -0.4 is 15.4 Å². The Morgan fingerprint density at radius 3 is 2.11 bits per heavy atom. The number of halogens is 1. The number of amides is 3. The van der Waals surface area contributed by atoms with E-state index < -0.39 is 60.2 Å². The molecule has 3 amide bonds. The number of rotatable bonds is 23. The van der Waals surface area contributed by atoms with Gasteiger partial charge in [-0.05, 0) is 43.4 Å². The molecule has 1 aliphatic rings. The van der Waals surface area contributed by atoms with Crippen molar-refractivity contribution in [3.05, 3.63) is 29.6 Å². The molecular weight excluding hydrogens is 711 g/mol. The highest BCUT2D eigenvalue weighted by Gasteiger charge is 2.45. The highest BCUT2D eigenvalue weighted by molar-refractivity contribution is 6.00. The summed E-state index contributed by atoms with van der Waals surface area (Å²) in [4.78, 5) is 71.4. The average Bonchev–Trinajstić information content (AvgIpc) is 3.59. The summed E-state index contributed by atoms with van der Waals surface area (Å²) in [7, 11) is 9.41. The maximum Gasteiger partial charge on any atom is 0.226 e. The summed E-state index contributed by atoms with van der Waals surface area (Å²) in [5, 5.41) is 5.69. The summed E-state index contributed by atoms with van der Waals surface area (Å²) in [5.74, 6) is -3.50. The first-order valence-electron chi connectivity index (χ1n) is 19.4. The van der Waals surface area contributed by atoms with Gasteiger partial charge in [-0.15, -0.1) is 0 Å². The number of ether oxygens (including phenoxy) is 4. The van der Waals surface area contributed by atoms with Gasteiger partial charge in [-0.25, -0.2) is 4.39 Å². The Balaban J connectivity index is 2.30. The van der Waals surface area contributed by atoms with Crippen LogP contribution in [0.15, 0.2) is 18.2 Å². The van der Waals surface area contributed by atoms with Gasteiger partial charge in [-0.3, -0.25) is 24.0 Å². The molecule has 0 unspecified atom stereocenters. The predicted molar refractivity (Wildman–Crippen MR) is 208 cm³/mol. The van der Waals surface area contributed by atoms with Gasteiger partial charge in [-0.1, -0.05) is 54.9 Å². The number of likely N-dealkylation sites (N-methyl/N-ethyl adjacent to an activating group) is 2. The van der Waals surface area contributed by atoms with Gasteiger partial charge in [0.25, 0.3) is 0 Å². The molecule has 0 radical (unpaired) electrons. The van der Waals surface area contributed by atoms with Gasteiger partial charge in [0.15, 0.2) is 11.6 Å². The van der Waals surface area contributed by atoms with Crippen LogP contribution in [0.25, 0.3) is 0 Å². The molecule has 0 aromatic heterocycles. The Morgan fingerprint density at radius 2 is 1.62 bits per heavy atom. The van der Waals surface area contributed by atoms with Crippen LogP contribution in [0.3, 0.4) is 0 Å². The molecule has 1 heterocycles. The molecule has 55 heavy (non-hydrogen) atoms. The van der Waals surface area contributed by atoms with Crippen molar-refractivity contribution in [2.45, 2.75) is 111 Å². The quantitative estimate of drug-likeness (QED) is 0.155. The van der Waals surface area contributed by atoms with E-state index in [2.05, 4.69) is 10.6 Å². The molecule has 1 fully saturated rings. The minimum absolute atomic E-state index is 0.0161. The second-order valence-corrected chi connectivity index (χ2v) is 15.5. The number of nitrogens with one attached hydrogen (secondary N) is 2. The molecule has 13 nitrogen and oxygen atoms in total. The van der Waals surface area contributed by atoms with Crippen molar-refractivity contribution in [1.82, 2.24) is 20.4 Å². The van der Waals surface area contributed by atoms with Crippen molar-refractivity contribution in [2.24, 2.45) is 29.6 Å². The summed E-state index contributed by atoms with van der Waals surface area (Å²) < 4.78 is 37.1. The zero-order valence-corrected chi connectivity index (χ0v) is 35.3. The maximum atomic E-state index is 14.5. The van der Waals surface area contributed by atoms with Crippen LogP contribution in [-0.4, -0.2) is 131 Å². The molecule has 14 heteroatoms. The number of likely N-dealkylation sites (tertiary alicyclic amines) is 1. The lowest BCUT2D eigenvalue weighted by atomic mass is 9.84. The van der Waals surface area contributed by atoms with Crippen molar-refractivity contribution in [1.29, 1.82) is 0 Å². The SMILES string of the molecule is CC[C@H](C)[C@@H]([C@@H](CC(=O)N1C[C@H](OC)C[C@H]1[C@H](OC)[C@@H](C)C(=O)NCC(=O)c1ccc(OC)cc1F)OC)N(C)C(=O)[C@@H](CC(=O)[C@@H](NC)C(C)C)C(C)C. The topological polar surface area (TPSA) is 153 Å². The smallest absolute Gasteiger partial charge is 0.226 e. The zero-order valence-electron chi connectivity index (χ0n) is 35.3. The standard InChI is InChI=1S/C41H67FN4O9/c1-14-25(6)38(45(9)41(51)30(23(2)3)19-33(47)37(43-8)24(4)5)35(54-12)20-36(49)46-22-28(53-11)18-32(46)39(55-13)26(7)40(50)44-21-34(48)29-16-15-27(52-10)17-31(29)42/h15-17,23-26,28,30,32,35,37-39,43H,14,18-22H2,1-13H3,(H,44,50)/t25-,26+,28+,30-,32-,35+,37-,38-,39+/m0/s1. The summed E-state index contributed by atoms with van der Waals surface area (Å²) in [6, 6.07) is 2.46. The number of benzene rings is 1. The molecular formula is C41H67FN4O9. The van der Waals surface area contributed by atoms with E-state index in [-0.39, 0.29) is 78.2 Å². The number of methoxy groups -OCH3 is 4. The van der Waals surface area contributed by atoms with Gasteiger partial charge in [0, 0.05) is 53.3 Å². The lowest BCUT2D eigenvalue weighted by molar-refractivity contribution is -0.149. The molecule has 2 rings (SSSR count). The summed E-state index contributed by atoms with van der Waals surface area (Å²) in [5.41, 5.74) is -0.176. The molecule has 0 aliphatic carbocycles. The normalized spacial score (nSPS) is 19.7. The van der Waals surface area contributed by atoms with E-state index in [1.807, 2.05) is 41.5 Å². The van der Waals surface area contributed by atoms with E-state index in [4.69, 9.17) is 18.9 Å². The summed E-state index contributed by atoms with van der Waals surface area (Å²) in [6.45, 7) is 13.3. The van der Waals surface area contributed by atoms with Gasteiger partial charge in [0.05, 0.1) is 68.0 Å². The van der Waals surface area contributed by atoms with Gasteiger partial charge in [0.1, 0.15) is 11.6 Å². The largest absolute Gasteiger partial charge is 0.497 e. The number of Topliss-reactive ketones (excluding diaryl/α,β-unsaturated/α-hetero) is 2. The van der Waals surface area contributed by atoms with Crippen molar-refractivity contribution >= 4 is 29.3 Å². The van der Waals surface area contributed by atoms with Crippen LogP contribution in [0.1, 0.15) is 84.5 Å². The van der Waals surface area contributed by atoms with E-state index in [9.17, 15) is 28.4 Å². The molecule has 0 spiro atoms. The number of hydrogen-bond acceptors (Lipinski definition) is 10. The van der Waals surface area contributed by atoms with Crippen LogP contribution in [0.2, 0.25) is 0 Å². The zero-order chi connectivity index (χ0) is 41.7. The highest BCUT2D eigenvalue weighted by Crippen LogP contribution is 2.32. The fourth-order valence-corrected chi connectivity index (χ4v) is 7.81. The molecule has 1 aromatic carbocycles. The fourth-order valence-electron chi connectivity index (χ4n) is 7.81. The fraction of sp³-hybridized carbons (Fsp3) is 0.732. The first kappa shape index (κ1) is 47.7. The molecule has 0 saturated carbocycles. The van der Waals surface area contributed by atoms with Gasteiger partial charge in [-0.2, -0.15) is 0 Å². The monoisotopic (exact) mass is 778 g/mol. The number of carbonyl (C=O) groups is 5. The number of carbonyl (C=O) groups excluding carboxylic acids is 5. The lowest BCUT2D eigenvalue weighted by Crippen LogP contribution is -2.54. The third-order valence-corrected chi connectivity index (χ3v) is 11.4. The Morgan fingerprint density at radius 1 is 0.964 bits per heavy atom. The highest BCUT2D eigenvalue weighted by atomic mass is 19.1. The minimum atomic E-state index is -0.807. The van der Waals surface area contributed by atoms with Gasteiger partial charge < -0.3 is 39.4 Å². The Kier molecular flexibility index (Phi) is 19.4. The Labute approximate surface area is 327 Å². The lowest BCUT2D eigenvalue weighted by Gasteiger charge is -2.40. The first-order chi connectivity index (χ1) is 25.9. The minimum Gasteiger partial charge on any atom is -0.497 e. The van der Waals surface area contributed by atoms with Crippen molar-refractivity contribution in [3.63, 3.8) is 0 Å². The molecule has 9 atom stereocenters. The molecule has 1 saturated heterocycles. The maximum absolute atomic E-state index is 14.5. The number of hydrogen-bond donors (Lipinski definition) is 2. The Bertz CT molecular complexity index is 1440. The molecule has 0 bridgehead atoms. The van der Waals surface area contributed by atoms with Crippen LogP contribution >= 0.6 is 0 Å². The first-order valence-corrected chi connectivity index (χ1v) is 19.4. The van der Waals surface area contributed by atoms with Crippen LogP contribution in [0.5, 0.6) is 5.75 Å². The third kappa shape index (κ3) is 12.3. The second-order valence-electron chi connectivity index (χ2n) is 15.5. The molecule has 1 aliphatic heterocycles. The van der Waals surface area contributed by atoms with E-state index in [0.29, 0.717) is 12.8 Å². The summed E-state index contributed by atoms with van der Waals surface area (Å²) in [6.07, 6.45) is -0.644. The van der Waals surface area contributed by atoms with Crippen LogP contribution in [0, 0.1) is 35.4 Å².